The van der Waals surface area contributed by atoms with E-state index < -0.39 is 11.6 Å². The summed E-state index contributed by atoms with van der Waals surface area (Å²) in [4.78, 5) is 0. The lowest BCUT2D eigenvalue weighted by Crippen LogP contribution is -2.59. The summed E-state index contributed by atoms with van der Waals surface area (Å²) in [5, 5.41) is 0. The van der Waals surface area contributed by atoms with E-state index in [1.807, 2.05) is 0 Å². The summed E-state index contributed by atoms with van der Waals surface area (Å²) >= 11 is 0. The molecule has 0 saturated heterocycles. The molecule has 1 aliphatic rings. The van der Waals surface area contributed by atoms with Crippen molar-refractivity contribution in [3.05, 3.63) is 29.8 Å². The van der Waals surface area contributed by atoms with E-state index in [0.717, 1.165) is 12.1 Å². The molecule has 1 aromatic carbocycles. The SMILES string of the molecule is COC1C(N)CC1Oc1ccc(F)cc1F. The van der Waals surface area contributed by atoms with Crippen LogP contribution in [0, 0.1) is 11.6 Å². The third-order valence-electron chi connectivity index (χ3n) is 2.74. The van der Waals surface area contributed by atoms with Crippen molar-refractivity contribution in [2.45, 2.75) is 24.7 Å². The van der Waals surface area contributed by atoms with E-state index in [4.69, 9.17) is 15.2 Å². The fourth-order valence-electron chi connectivity index (χ4n) is 1.79. The van der Waals surface area contributed by atoms with Gasteiger partial charge in [0, 0.05) is 25.6 Å². The van der Waals surface area contributed by atoms with Crippen LogP contribution in [0.15, 0.2) is 18.2 Å². The predicted octanol–water partition coefficient (Wildman–Crippen LogP) is 1.46. The van der Waals surface area contributed by atoms with Gasteiger partial charge in [-0.2, -0.15) is 0 Å². The topological polar surface area (TPSA) is 44.5 Å². The Morgan fingerprint density at radius 3 is 2.69 bits per heavy atom. The summed E-state index contributed by atoms with van der Waals surface area (Å²) in [7, 11) is 1.53. The minimum Gasteiger partial charge on any atom is -0.485 e. The Morgan fingerprint density at radius 2 is 2.12 bits per heavy atom. The van der Waals surface area contributed by atoms with Crippen molar-refractivity contribution in [2.24, 2.45) is 5.73 Å². The van der Waals surface area contributed by atoms with E-state index in [1.165, 1.54) is 13.2 Å². The molecule has 0 heterocycles. The van der Waals surface area contributed by atoms with Gasteiger partial charge in [0.25, 0.3) is 0 Å². The largest absolute Gasteiger partial charge is 0.485 e. The van der Waals surface area contributed by atoms with Gasteiger partial charge in [0.1, 0.15) is 18.0 Å². The molecule has 3 atom stereocenters. The fraction of sp³-hybridized carbons (Fsp3) is 0.455. The lowest BCUT2D eigenvalue weighted by molar-refractivity contribution is -0.0793. The number of ether oxygens (including phenoxy) is 2. The van der Waals surface area contributed by atoms with Crippen molar-refractivity contribution >= 4 is 0 Å². The van der Waals surface area contributed by atoms with Gasteiger partial charge in [0.15, 0.2) is 11.6 Å². The van der Waals surface area contributed by atoms with Crippen LogP contribution in [0.2, 0.25) is 0 Å². The van der Waals surface area contributed by atoms with Gasteiger partial charge in [-0.3, -0.25) is 0 Å². The molecule has 0 aromatic heterocycles. The van der Waals surface area contributed by atoms with Gasteiger partial charge >= 0.3 is 0 Å². The molecule has 88 valence electrons. The van der Waals surface area contributed by atoms with E-state index in [9.17, 15) is 8.78 Å². The molecule has 0 radical (unpaired) electrons. The van der Waals surface area contributed by atoms with Gasteiger partial charge in [-0.25, -0.2) is 8.78 Å². The average molecular weight is 229 g/mol. The first-order valence-electron chi connectivity index (χ1n) is 5.02. The minimum absolute atomic E-state index is 0.0281. The van der Waals surface area contributed by atoms with E-state index in [1.54, 1.807) is 0 Å². The Balaban J connectivity index is 2.04. The van der Waals surface area contributed by atoms with E-state index in [0.29, 0.717) is 6.42 Å². The van der Waals surface area contributed by atoms with Crippen LogP contribution in [-0.4, -0.2) is 25.4 Å². The molecule has 3 unspecified atom stereocenters. The van der Waals surface area contributed by atoms with Gasteiger partial charge in [0.05, 0.1) is 0 Å². The van der Waals surface area contributed by atoms with Crippen molar-refractivity contribution in [1.82, 2.24) is 0 Å². The Labute approximate surface area is 92.1 Å². The van der Waals surface area contributed by atoms with E-state index in [2.05, 4.69) is 0 Å². The van der Waals surface area contributed by atoms with Crippen molar-refractivity contribution in [3.63, 3.8) is 0 Å². The van der Waals surface area contributed by atoms with Gasteiger partial charge in [-0.15, -0.1) is 0 Å². The molecule has 1 aromatic rings. The monoisotopic (exact) mass is 229 g/mol. The molecule has 0 bridgehead atoms. The van der Waals surface area contributed by atoms with Crippen molar-refractivity contribution < 1.29 is 18.3 Å². The summed E-state index contributed by atoms with van der Waals surface area (Å²) in [6, 6.07) is 3.12. The molecule has 2 N–H and O–H groups in total. The van der Waals surface area contributed by atoms with Crippen LogP contribution < -0.4 is 10.5 Å². The van der Waals surface area contributed by atoms with Crippen molar-refractivity contribution in [1.29, 1.82) is 0 Å². The highest BCUT2D eigenvalue weighted by Gasteiger charge is 2.41. The molecule has 3 nitrogen and oxygen atoms in total. The minimum atomic E-state index is -0.713. The molecule has 1 fully saturated rings. The molecule has 0 aliphatic heterocycles. The summed E-state index contributed by atoms with van der Waals surface area (Å²) in [6.07, 6.45) is 0.111. The van der Waals surface area contributed by atoms with Crippen LogP contribution in [0.1, 0.15) is 6.42 Å². The molecule has 0 amide bonds. The maximum Gasteiger partial charge on any atom is 0.167 e. The third-order valence-corrected chi connectivity index (χ3v) is 2.74. The standard InChI is InChI=1S/C11H13F2NO2/c1-15-11-8(14)5-10(11)16-9-3-2-6(12)4-7(9)13/h2-4,8,10-11H,5,14H2,1H3. The maximum absolute atomic E-state index is 13.3. The molecule has 0 spiro atoms. The highest BCUT2D eigenvalue weighted by atomic mass is 19.1. The quantitative estimate of drug-likeness (QED) is 0.853. The second-order valence-electron chi connectivity index (χ2n) is 3.83. The molecule has 2 rings (SSSR count). The molecule has 1 saturated carbocycles. The summed E-state index contributed by atoms with van der Waals surface area (Å²) in [5.74, 6) is -1.31. The molecular formula is C11H13F2NO2. The molecule has 16 heavy (non-hydrogen) atoms. The lowest BCUT2D eigenvalue weighted by atomic mass is 9.86. The average Bonchev–Trinajstić information content (AvgIpc) is 2.21. The fourth-order valence-corrected chi connectivity index (χ4v) is 1.79. The van der Waals surface area contributed by atoms with E-state index in [-0.39, 0.29) is 24.0 Å². The Morgan fingerprint density at radius 1 is 1.38 bits per heavy atom. The van der Waals surface area contributed by atoms with Crippen molar-refractivity contribution in [3.8, 4) is 5.75 Å². The highest BCUT2D eigenvalue weighted by molar-refractivity contribution is 5.25. The molecule has 1 aliphatic carbocycles. The first-order chi connectivity index (χ1) is 7.61. The zero-order valence-corrected chi connectivity index (χ0v) is 8.82. The Bertz CT molecular complexity index is 386. The Kier molecular flexibility index (Phi) is 3.07. The van der Waals surface area contributed by atoms with Crippen LogP contribution in [0.25, 0.3) is 0 Å². The maximum atomic E-state index is 13.3. The Hall–Kier alpha value is -1.20. The molecular weight excluding hydrogens is 216 g/mol. The summed E-state index contributed by atoms with van der Waals surface area (Å²) in [6.45, 7) is 0. The normalized spacial score (nSPS) is 28.6. The van der Waals surface area contributed by atoms with Crippen LogP contribution in [0.5, 0.6) is 5.75 Å². The van der Waals surface area contributed by atoms with Gasteiger partial charge in [0.2, 0.25) is 0 Å². The van der Waals surface area contributed by atoms with E-state index >= 15 is 0 Å². The number of halogens is 2. The predicted molar refractivity (Wildman–Crippen MR) is 54.2 cm³/mol. The lowest BCUT2D eigenvalue weighted by Gasteiger charge is -2.40. The van der Waals surface area contributed by atoms with Gasteiger partial charge in [-0.1, -0.05) is 0 Å². The number of methoxy groups -OCH3 is 1. The summed E-state index contributed by atoms with van der Waals surface area (Å²) < 4.78 is 36.4. The number of nitrogens with two attached hydrogens (primary N) is 1. The zero-order chi connectivity index (χ0) is 11.7. The number of hydrogen-bond acceptors (Lipinski definition) is 3. The van der Waals surface area contributed by atoms with Gasteiger partial charge < -0.3 is 15.2 Å². The third kappa shape index (κ3) is 2.01. The second kappa shape index (κ2) is 4.35. The number of rotatable bonds is 3. The van der Waals surface area contributed by atoms with Crippen LogP contribution >= 0.6 is 0 Å². The molecule has 5 heteroatoms. The second-order valence-corrected chi connectivity index (χ2v) is 3.83. The number of benzene rings is 1. The van der Waals surface area contributed by atoms with Crippen LogP contribution in [-0.2, 0) is 4.74 Å². The van der Waals surface area contributed by atoms with Crippen molar-refractivity contribution in [2.75, 3.05) is 7.11 Å². The first kappa shape index (κ1) is 11.3. The van der Waals surface area contributed by atoms with Gasteiger partial charge in [-0.05, 0) is 12.1 Å². The smallest absolute Gasteiger partial charge is 0.167 e. The first-order valence-corrected chi connectivity index (χ1v) is 5.02. The highest BCUT2D eigenvalue weighted by Crippen LogP contribution is 2.28. The summed E-state index contributed by atoms with van der Waals surface area (Å²) in [5.41, 5.74) is 5.68. The zero-order valence-electron chi connectivity index (χ0n) is 8.82. The van der Waals surface area contributed by atoms with Crippen LogP contribution in [0.4, 0.5) is 8.78 Å². The van der Waals surface area contributed by atoms with Crippen LogP contribution in [0.3, 0.4) is 0 Å². The number of hydrogen-bond donors (Lipinski definition) is 1.